The fourth-order valence-corrected chi connectivity index (χ4v) is 4.93. The monoisotopic (exact) mass is 430 g/mol. The first-order valence-corrected chi connectivity index (χ1v) is 12.3. The molecule has 1 atom stereocenters. The molecule has 0 radical (unpaired) electrons. The SMILES string of the molecule is CCOc1ccccc1N(CCCC(=O)N[C@@H]1CCCc2ccccc21)S(C)(=O)=O. The number of hydrogen-bond acceptors (Lipinski definition) is 4. The van der Waals surface area contributed by atoms with Gasteiger partial charge in [-0.25, -0.2) is 8.42 Å². The number of fused-ring (bicyclic) bond motifs is 1. The van der Waals surface area contributed by atoms with Gasteiger partial charge in [-0.15, -0.1) is 0 Å². The first kappa shape index (κ1) is 22.2. The molecule has 1 aliphatic carbocycles. The number of ether oxygens (including phenoxy) is 1. The maximum Gasteiger partial charge on any atom is 0.232 e. The second kappa shape index (κ2) is 9.98. The number of amides is 1. The quantitative estimate of drug-likeness (QED) is 0.656. The molecule has 0 saturated carbocycles. The summed E-state index contributed by atoms with van der Waals surface area (Å²) >= 11 is 0. The first-order valence-electron chi connectivity index (χ1n) is 10.5. The highest BCUT2D eigenvalue weighted by atomic mass is 32.2. The summed E-state index contributed by atoms with van der Waals surface area (Å²) in [6, 6.07) is 15.3. The van der Waals surface area contributed by atoms with E-state index < -0.39 is 10.0 Å². The molecule has 0 aliphatic heterocycles. The number of carbonyl (C=O) groups excluding carboxylic acids is 1. The van der Waals surface area contributed by atoms with Crippen molar-refractivity contribution in [3.05, 3.63) is 59.7 Å². The topological polar surface area (TPSA) is 75.7 Å². The number of anilines is 1. The summed E-state index contributed by atoms with van der Waals surface area (Å²) in [5.41, 5.74) is 2.99. The highest BCUT2D eigenvalue weighted by Crippen LogP contribution is 2.31. The van der Waals surface area contributed by atoms with Crippen molar-refractivity contribution in [1.82, 2.24) is 5.32 Å². The minimum atomic E-state index is -3.50. The Hall–Kier alpha value is -2.54. The zero-order valence-electron chi connectivity index (χ0n) is 17.6. The van der Waals surface area contributed by atoms with Crippen LogP contribution < -0.4 is 14.4 Å². The van der Waals surface area contributed by atoms with Crippen molar-refractivity contribution in [1.29, 1.82) is 0 Å². The molecular formula is C23H30N2O4S. The first-order chi connectivity index (χ1) is 14.4. The van der Waals surface area contributed by atoms with Gasteiger partial charge in [0.2, 0.25) is 15.9 Å². The average molecular weight is 431 g/mol. The van der Waals surface area contributed by atoms with Crippen LogP contribution in [-0.2, 0) is 21.2 Å². The van der Waals surface area contributed by atoms with Gasteiger partial charge >= 0.3 is 0 Å². The molecule has 1 N–H and O–H groups in total. The fourth-order valence-electron chi connectivity index (χ4n) is 3.96. The second-order valence-corrected chi connectivity index (χ2v) is 9.46. The second-order valence-electron chi connectivity index (χ2n) is 7.55. The Kier molecular flexibility index (Phi) is 7.37. The molecular weight excluding hydrogens is 400 g/mol. The molecule has 6 nitrogen and oxygen atoms in total. The molecule has 3 rings (SSSR count). The van der Waals surface area contributed by atoms with Crippen molar-refractivity contribution in [2.24, 2.45) is 0 Å². The van der Waals surface area contributed by atoms with Crippen molar-refractivity contribution >= 4 is 21.6 Å². The summed E-state index contributed by atoms with van der Waals surface area (Å²) in [6.07, 6.45) is 4.90. The van der Waals surface area contributed by atoms with Gasteiger partial charge < -0.3 is 10.1 Å². The Labute approximate surface area is 179 Å². The molecule has 7 heteroatoms. The van der Waals surface area contributed by atoms with E-state index in [2.05, 4.69) is 17.4 Å². The molecule has 0 bridgehead atoms. The lowest BCUT2D eigenvalue weighted by Crippen LogP contribution is -2.34. The molecule has 30 heavy (non-hydrogen) atoms. The molecule has 0 unspecified atom stereocenters. The number of nitrogens with zero attached hydrogens (tertiary/aromatic N) is 1. The summed E-state index contributed by atoms with van der Waals surface area (Å²) < 4.78 is 31.7. The van der Waals surface area contributed by atoms with Gasteiger partial charge in [-0.1, -0.05) is 36.4 Å². The number of nitrogens with one attached hydrogen (secondary N) is 1. The van der Waals surface area contributed by atoms with Gasteiger partial charge in [0.25, 0.3) is 0 Å². The van der Waals surface area contributed by atoms with Crippen molar-refractivity contribution < 1.29 is 17.9 Å². The Morgan fingerprint density at radius 1 is 1.17 bits per heavy atom. The van der Waals surface area contributed by atoms with Crippen LogP contribution in [0.2, 0.25) is 0 Å². The lowest BCUT2D eigenvalue weighted by molar-refractivity contribution is -0.122. The predicted octanol–water partition coefficient (Wildman–Crippen LogP) is 3.83. The Balaban J connectivity index is 1.62. The van der Waals surface area contributed by atoms with Crippen molar-refractivity contribution in [3.8, 4) is 5.75 Å². The molecule has 1 amide bonds. The van der Waals surface area contributed by atoms with Gasteiger partial charge in [-0.05, 0) is 55.9 Å². The highest BCUT2D eigenvalue weighted by molar-refractivity contribution is 7.92. The predicted molar refractivity (Wildman–Crippen MR) is 119 cm³/mol. The normalized spacial score (nSPS) is 15.9. The lowest BCUT2D eigenvalue weighted by Gasteiger charge is -2.27. The number of hydrogen-bond donors (Lipinski definition) is 1. The number of rotatable bonds is 9. The van der Waals surface area contributed by atoms with Gasteiger partial charge in [0.15, 0.2) is 0 Å². The highest BCUT2D eigenvalue weighted by Gasteiger charge is 2.23. The fraction of sp³-hybridized carbons (Fsp3) is 0.435. The van der Waals surface area contributed by atoms with Crippen LogP contribution in [0.3, 0.4) is 0 Å². The Morgan fingerprint density at radius 2 is 1.90 bits per heavy atom. The van der Waals surface area contributed by atoms with Gasteiger partial charge in [-0.2, -0.15) is 0 Å². The minimum absolute atomic E-state index is 0.0344. The maximum absolute atomic E-state index is 12.6. The molecule has 2 aromatic carbocycles. The number of carbonyl (C=O) groups is 1. The Morgan fingerprint density at radius 3 is 2.67 bits per heavy atom. The van der Waals surface area contributed by atoms with Gasteiger partial charge in [0.05, 0.1) is 24.6 Å². The van der Waals surface area contributed by atoms with Crippen molar-refractivity contribution in [2.45, 2.75) is 45.1 Å². The number of para-hydroxylation sites is 2. The molecule has 0 aromatic heterocycles. The van der Waals surface area contributed by atoms with Crippen LogP contribution in [0, 0.1) is 0 Å². The smallest absolute Gasteiger partial charge is 0.232 e. The van der Waals surface area contributed by atoms with Gasteiger partial charge in [0, 0.05) is 13.0 Å². The molecule has 1 aliphatic rings. The minimum Gasteiger partial charge on any atom is -0.492 e. The maximum atomic E-state index is 12.6. The molecule has 0 fully saturated rings. The van der Waals surface area contributed by atoms with Crippen LogP contribution >= 0.6 is 0 Å². The van der Waals surface area contributed by atoms with Crippen molar-refractivity contribution in [2.75, 3.05) is 23.7 Å². The molecule has 162 valence electrons. The number of benzene rings is 2. The van der Waals surface area contributed by atoms with E-state index in [0.717, 1.165) is 19.3 Å². The van der Waals surface area contributed by atoms with Crippen LogP contribution in [0.15, 0.2) is 48.5 Å². The number of aryl methyl sites for hydroxylation is 1. The van der Waals surface area contributed by atoms with E-state index in [1.165, 1.54) is 21.7 Å². The summed E-state index contributed by atoms with van der Waals surface area (Å²) in [7, 11) is -3.50. The molecule has 2 aromatic rings. The van der Waals surface area contributed by atoms with E-state index in [-0.39, 0.29) is 24.9 Å². The van der Waals surface area contributed by atoms with E-state index in [4.69, 9.17) is 4.74 Å². The zero-order chi connectivity index (χ0) is 21.6. The van der Waals surface area contributed by atoms with E-state index in [9.17, 15) is 13.2 Å². The van der Waals surface area contributed by atoms with Crippen LogP contribution in [0.1, 0.15) is 49.8 Å². The van der Waals surface area contributed by atoms with Crippen LogP contribution in [-0.4, -0.2) is 33.7 Å². The Bertz CT molecular complexity index is 975. The van der Waals surface area contributed by atoms with Gasteiger partial charge in [0.1, 0.15) is 5.75 Å². The third-order valence-corrected chi connectivity index (χ3v) is 6.48. The average Bonchev–Trinajstić information content (AvgIpc) is 2.72. The third kappa shape index (κ3) is 5.53. The zero-order valence-corrected chi connectivity index (χ0v) is 18.5. The molecule has 0 heterocycles. The van der Waals surface area contributed by atoms with Crippen LogP contribution in [0.25, 0.3) is 0 Å². The van der Waals surface area contributed by atoms with E-state index in [1.54, 1.807) is 18.2 Å². The standard InChI is InChI=1S/C23H30N2O4S/c1-3-29-22-15-7-6-14-21(22)25(30(2,27)28)17-9-16-23(26)24-20-13-8-11-18-10-4-5-12-19(18)20/h4-7,10,12,14-15,20H,3,8-9,11,13,16-17H2,1-2H3,(H,24,26)/t20-/m1/s1. The van der Waals surface area contributed by atoms with E-state index in [0.29, 0.717) is 24.5 Å². The summed E-state index contributed by atoms with van der Waals surface area (Å²) in [6.45, 7) is 2.52. The van der Waals surface area contributed by atoms with Crippen LogP contribution in [0.4, 0.5) is 5.69 Å². The summed E-state index contributed by atoms with van der Waals surface area (Å²) in [5, 5.41) is 3.13. The molecule has 0 spiro atoms. The summed E-state index contributed by atoms with van der Waals surface area (Å²) in [5.74, 6) is 0.469. The van der Waals surface area contributed by atoms with E-state index >= 15 is 0 Å². The van der Waals surface area contributed by atoms with Crippen LogP contribution in [0.5, 0.6) is 5.75 Å². The largest absolute Gasteiger partial charge is 0.492 e. The lowest BCUT2D eigenvalue weighted by atomic mass is 9.87. The molecule has 0 saturated heterocycles. The van der Waals surface area contributed by atoms with Gasteiger partial charge in [-0.3, -0.25) is 9.10 Å². The third-order valence-electron chi connectivity index (χ3n) is 5.30. The van der Waals surface area contributed by atoms with E-state index in [1.807, 2.05) is 25.1 Å². The van der Waals surface area contributed by atoms with Crippen molar-refractivity contribution in [3.63, 3.8) is 0 Å². The number of sulfonamides is 1. The summed E-state index contributed by atoms with van der Waals surface area (Å²) in [4.78, 5) is 12.6.